The number of hydrogen-bond acceptors (Lipinski definition) is 4. The summed E-state index contributed by atoms with van der Waals surface area (Å²) in [5.41, 5.74) is 1.65. The van der Waals surface area contributed by atoms with Gasteiger partial charge in [-0.2, -0.15) is 0 Å². The maximum absolute atomic E-state index is 11.6. The van der Waals surface area contributed by atoms with Crippen molar-refractivity contribution in [1.82, 2.24) is 0 Å². The number of ketones is 1. The van der Waals surface area contributed by atoms with E-state index in [1.54, 1.807) is 17.6 Å². The minimum Gasteiger partial charge on any atom is -0.288 e. The molecule has 3 nitrogen and oxygen atoms in total. The van der Waals surface area contributed by atoms with Crippen LogP contribution in [-0.2, 0) is 4.79 Å². The van der Waals surface area contributed by atoms with Crippen LogP contribution < -0.4 is 0 Å². The fourth-order valence-corrected chi connectivity index (χ4v) is 2.91. The number of aliphatic imine (C=N–C) groups is 2. The molecule has 80 valence electrons. The van der Waals surface area contributed by atoms with Gasteiger partial charge in [-0.15, -0.1) is 11.3 Å². The van der Waals surface area contributed by atoms with E-state index in [0.29, 0.717) is 6.42 Å². The lowest BCUT2D eigenvalue weighted by Gasteiger charge is -2.15. The number of allylic oxidation sites excluding steroid dienone is 1. The third kappa shape index (κ3) is 1.38. The predicted octanol–water partition coefficient (Wildman–Crippen LogP) is 2.48. The second-order valence-corrected chi connectivity index (χ2v) is 5.19. The quantitative estimate of drug-likeness (QED) is 0.730. The molecule has 0 aliphatic carbocycles. The average Bonchev–Trinajstić information content (AvgIpc) is 2.87. The molecule has 0 aromatic carbocycles. The Labute approximate surface area is 97.2 Å². The zero-order valence-electron chi connectivity index (χ0n) is 8.80. The second kappa shape index (κ2) is 3.49. The number of nitrogens with zero attached hydrogens (tertiary/aromatic N) is 2. The van der Waals surface area contributed by atoms with Crippen molar-refractivity contribution >= 4 is 29.5 Å². The Kier molecular flexibility index (Phi) is 2.11. The van der Waals surface area contributed by atoms with Gasteiger partial charge in [0.25, 0.3) is 0 Å². The summed E-state index contributed by atoms with van der Waals surface area (Å²) in [5, 5.41) is 0. The van der Waals surface area contributed by atoms with Gasteiger partial charge in [-0.25, -0.2) is 0 Å². The van der Waals surface area contributed by atoms with Gasteiger partial charge < -0.3 is 0 Å². The summed E-state index contributed by atoms with van der Waals surface area (Å²) in [4.78, 5) is 22.6. The van der Waals surface area contributed by atoms with Gasteiger partial charge in [-0.3, -0.25) is 14.8 Å². The lowest BCUT2D eigenvalue weighted by molar-refractivity contribution is -0.109. The van der Waals surface area contributed by atoms with E-state index >= 15 is 0 Å². The second-order valence-electron chi connectivity index (χ2n) is 3.87. The number of carbonyl (C=O) groups excluding carboxylic acids is 1. The van der Waals surface area contributed by atoms with Crippen LogP contribution in [0.25, 0.3) is 0 Å². The summed E-state index contributed by atoms with van der Waals surface area (Å²) in [5.74, 6) is 0.0111. The van der Waals surface area contributed by atoms with Crippen molar-refractivity contribution in [3.8, 4) is 0 Å². The van der Waals surface area contributed by atoms with E-state index in [2.05, 4.69) is 29.0 Å². The molecule has 2 aliphatic rings. The first kappa shape index (κ1) is 9.66. The summed E-state index contributed by atoms with van der Waals surface area (Å²) in [7, 11) is 0. The molecule has 1 unspecified atom stereocenters. The molecule has 0 saturated carbocycles. The van der Waals surface area contributed by atoms with Crippen LogP contribution in [0, 0.1) is 6.92 Å². The third-order valence-electron chi connectivity index (χ3n) is 2.76. The summed E-state index contributed by atoms with van der Waals surface area (Å²) >= 11 is 1.71. The predicted molar refractivity (Wildman–Crippen MR) is 65.4 cm³/mol. The lowest BCUT2D eigenvalue weighted by Crippen LogP contribution is -2.13. The first-order valence-corrected chi connectivity index (χ1v) is 5.97. The molecule has 0 radical (unpaired) electrons. The zero-order valence-corrected chi connectivity index (χ0v) is 9.62. The normalized spacial score (nSPS) is 23.1. The van der Waals surface area contributed by atoms with Crippen LogP contribution in [0.15, 0.2) is 33.4 Å². The molecule has 1 aromatic heterocycles. The van der Waals surface area contributed by atoms with E-state index in [1.165, 1.54) is 11.1 Å². The van der Waals surface area contributed by atoms with E-state index in [4.69, 9.17) is 0 Å². The van der Waals surface area contributed by atoms with Crippen molar-refractivity contribution in [1.29, 1.82) is 0 Å². The van der Waals surface area contributed by atoms with Gasteiger partial charge in [0.05, 0.1) is 11.9 Å². The van der Waals surface area contributed by atoms with Crippen LogP contribution in [-0.4, -0.2) is 18.2 Å². The molecule has 16 heavy (non-hydrogen) atoms. The van der Waals surface area contributed by atoms with E-state index in [-0.39, 0.29) is 11.8 Å². The SMILES string of the molecule is Cc1ccc(C2N=CC(=O)C3=C2N=CC3)s1. The van der Waals surface area contributed by atoms with Crippen LogP contribution in [0.4, 0.5) is 0 Å². The molecule has 0 bridgehead atoms. The Balaban J connectivity index is 2.06. The topological polar surface area (TPSA) is 41.8 Å². The number of carbonyl (C=O) groups is 1. The molecule has 1 atom stereocenters. The minimum absolute atomic E-state index is 0.0111. The largest absolute Gasteiger partial charge is 0.288 e. The third-order valence-corrected chi connectivity index (χ3v) is 3.82. The van der Waals surface area contributed by atoms with Gasteiger partial charge in [0.15, 0.2) is 0 Å². The van der Waals surface area contributed by atoms with Crippen LogP contribution in [0.2, 0.25) is 0 Å². The molecule has 1 aromatic rings. The van der Waals surface area contributed by atoms with Gasteiger partial charge in [-0.1, -0.05) is 0 Å². The number of dihydropyridines is 1. The molecule has 0 fully saturated rings. The van der Waals surface area contributed by atoms with Gasteiger partial charge >= 0.3 is 0 Å². The van der Waals surface area contributed by atoms with Crippen molar-refractivity contribution in [3.05, 3.63) is 33.2 Å². The fraction of sp³-hybridized carbons (Fsp3) is 0.250. The Morgan fingerprint density at radius 3 is 3.06 bits per heavy atom. The molecule has 0 N–H and O–H groups in total. The lowest BCUT2D eigenvalue weighted by atomic mass is 10.0. The number of aryl methyl sites for hydroxylation is 1. The van der Waals surface area contributed by atoms with Crippen LogP contribution in [0.5, 0.6) is 0 Å². The Morgan fingerprint density at radius 1 is 1.44 bits per heavy atom. The summed E-state index contributed by atoms with van der Waals surface area (Å²) < 4.78 is 0. The van der Waals surface area contributed by atoms with Crippen LogP contribution >= 0.6 is 11.3 Å². The molecule has 0 amide bonds. The van der Waals surface area contributed by atoms with Crippen molar-refractivity contribution in [3.63, 3.8) is 0 Å². The summed E-state index contributed by atoms with van der Waals surface area (Å²) in [6.07, 6.45) is 3.89. The maximum atomic E-state index is 11.6. The summed E-state index contributed by atoms with van der Waals surface area (Å²) in [6.45, 7) is 2.07. The van der Waals surface area contributed by atoms with Gasteiger partial charge in [-0.05, 0) is 19.1 Å². The fourth-order valence-electron chi connectivity index (χ4n) is 1.98. The smallest absolute Gasteiger partial charge is 0.201 e. The van der Waals surface area contributed by atoms with Gasteiger partial charge in [0.1, 0.15) is 6.04 Å². The molecule has 0 saturated heterocycles. The highest BCUT2D eigenvalue weighted by Gasteiger charge is 2.29. The molecule has 4 heteroatoms. The standard InChI is InChI=1S/C12H10N2OS/c1-7-2-3-10(16-7)12-11-8(4-5-13-11)9(15)6-14-12/h2-3,5-6,12H,4H2,1H3. The van der Waals surface area contributed by atoms with Crippen molar-refractivity contribution in [2.24, 2.45) is 9.98 Å². The molecule has 3 heterocycles. The number of Topliss-reactive ketones (excluding diaryl/α,β-unsaturated/α-hetero) is 1. The van der Waals surface area contributed by atoms with Crippen molar-refractivity contribution in [2.45, 2.75) is 19.4 Å². The Hall–Kier alpha value is -1.55. The molecule has 3 rings (SSSR count). The number of rotatable bonds is 1. The highest BCUT2D eigenvalue weighted by molar-refractivity contribution is 7.12. The molecule has 2 aliphatic heterocycles. The highest BCUT2D eigenvalue weighted by atomic mass is 32.1. The maximum Gasteiger partial charge on any atom is 0.201 e. The summed E-state index contributed by atoms with van der Waals surface area (Å²) in [6, 6.07) is 4.08. The first-order valence-electron chi connectivity index (χ1n) is 5.15. The number of hydrogen-bond donors (Lipinski definition) is 0. The van der Waals surface area contributed by atoms with Gasteiger partial charge in [0, 0.05) is 28.0 Å². The first-order chi connectivity index (χ1) is 7.75. The van der Waals surface area contributed by atoms with Crippen LogP contribution in [0.1, 0.15) is 22.2 Å². The molecular weight excluding hydrogens is 220 g/mol. The van der Waals surface area contributed by atoms with E-state index in [0.717, 1.165) is 16.1 Å². The van der Waals surface area contributed by atoms with E-state index in [1.807, 2.05) is 0 Å². The monoisotopic (exact) mass is 230 g/mol. The van der Waals surface area contributed by atoms with E-state index in [9.17, 15) is 4.79 Å². The number of thiophene rings is 1. The Bertz CT molecular complexity index is 551. The van der Waals surface area contributed by atoms with Crippen LogP contribution in [0.3, 0.4) is 0 Å². The van der Waals surface area contributed by atoms with Crippen molar-refractivity contribution in [2.75, 3.05) is 0 Å². The van der Waals surface area contributed by atoms with Crippen molar-refractivity contribution < 1.29 is 4.79 Å². The zero-order chi connectivity index (χ0) is 11.1. The molecule has 0 spiro atoms. The highest BCUT2D eigenvalue weighted by Crippen LogP contribution is 2.37. The molecular formula is C12H10N2OS. The minimum atomic E-state index is -0.0647. The average molecular weight is 230 g/mol. The Morgan fingerprint density at radius 2 is 2.31 bits per heavy atom. The van der Waals surface area contributed by atoms with Gasteiger partial charge in [0.2, 0.25) is 5.78 Å². The van der Waals surface area contributed by atoms with E-state index < -0.39 is 0 Å².